The first-order valence-corrected chi connectivity index (χ1v) is 7.25. The van der Waals surface area contributed by atoms with E-state index in [2.05, 4.69) is 9.71 Å². The number of nitrogen functional groups attached to an aromatic ring is 1. The van der Waals surface area contributed by atoms with Crippen molar-refractivity contribution in [2.24, 2.45) is 0 Å². The molecule has 0 saturated carbocycles. The lowest BCUT2D eigenvalue weighted by Gasteiger charge is -2.09. The number of hydrogen-bond donors (Lipinski definition) is 2. The van der Waals surface area contributed by atoms with Crippen LogP contribution in [0.25, 0.3) is 0 Å². The van der Waals surface area contributed by atoms with Gasteiger partial charge in [-0.05, 0) is 37.3 Å². The van der Waals surface area contributed by atoms with Gasteiger partial charge in [-0.1, -0.05) is 11.6 Å². The summed E-state index contributed by atoms with van der Waals surface area (Å²) < 4.78 is 26.7. The van der Waals surface area contributed by atoms with Crippen LogP contribution >= 0.6 is 11.6 Å². The maximum Gasteiger partial charge on any atom is 0.263 e. The highest BCUT2D eigenvalue weighted by Gasteiger charge is 2.18. The van der Waals surface area contributed by atoms with Gasteiger partial charge in [0.2, 0.25) is 0 Å². The smallest absolute Gasteiger partial charge is 0.263 e. The number of halogens is 1. The zero-order valence-electron chi connectivity index (χ0n) is 10.1. The Kier molecular flexibility index (Phi) is 3.64. The normalized spacial score (nSPS) is 11.3. The monoisotopic (exact) mass is 297 g/mol. The van der Waals surface area contributed by atoms with Gasteiger partial charge in [0, 0.05) is 11.4 Å². The molecule has 0 radical (unpaired) electrons. The highest BCUT2D eigenvalue weighted by molar-refractivity contribution is 7.92. The maximum absolute atomic E-state index is 12.2. The quantitative estimate of drug-likeness (QED) is 0.852. The molecule has 1 heterocycles. The molecule has 0 amide bonds. The molecule has 2 aromatic rings. The molecule has 0 spiro atoms. The highest BCUT2D eigenvalue weighted by atomic mass is 35.5. The van der Waals surface area contributed by atoms with Gasteiger partial charge >= 0.3 is 0 Å². The fourth-order valence-corrected chi connectivity index (χ4v) is 3.07. The first-order valence-electron chi connectivity index (χ1n) is 5.39. The third-order valence-corrected chi connectivity index (χ3v) is 4.27. The average Bonchev–Trinajstić information content (AvgIpc) is 2.31. The summed E-state index contributed by atoms with van der Waals surface area (Å²) in [6, 6.07) is 7.58. The van der Waals surface area contributed by atoms with Gasteiger partial charge in [-0.3, -0.25) is 9.71 Å². The van der Waals surface area contributed by atoms with E-state index in [1.807, 2.05) is 6.92 Å². The summed E-state index contributed by atoms with van der Waals surface area (Å²) in [5.74, 6) is 0. The van der Waals surface area contributed by atoms with Gasteiger partial charge in [-0.2, -0.15) is 0 Å². The van der Waals surface area contributed by atoms with Crippen LogP contribution in [-0.2, 0) is 10.0 Å². The van der Waals surface area contributed by atoms with E-state index in [1.54, 1.807) is 12.1 Å². The standard InChI is InChI=1S/C12H12ClN3O2S/c1-8-2-4-10(7-15-8)16-19(17,18)12-5-3-9(14)6-11(12)13/h2-7,16H,14H2,1H3. The van der Waals surface area contributed by atoms with Crippen molar-refractivity contribution in [3.05, 3.63) is 47.2 Å². The van der Waals surface area contributed by atoms with E-state index in [-0.39, 0.29) is 9.92 Å². The Labute approximate surface area is 116 Å². The van der Waals surface area contributed by atoms with E-state index in [9.17, 15) is 8.42 Å². The van der Waals surface area contributed by atoms with E-state index in [0.717, 1.165) is 5.69 Å². The highest BCUT2D eigenvalue weighted by Crippen LogP contribution is 2.25. The van der Waals surface area contributed by atoms with Crippen molar-refractivity contribution in [3.63, 3.8) is 0 Å². The first kappa shape index (κ1) is 13.6. The summed E-state index contributed by atoms with van der Waals surface area (Å²) >= 11 is 5.89. The largest absolute Gasteiger partial charge is 0.399 e. The van der Waals surface area contributed by atoms with Crippen molar-refractivity contribution in [2.75, 3.05) is 10.5 Å². The fourth-order valence-electron chi connectivity index (χ4n) is 1.47. The number of pyridine rings is 1. The second kappa shape index (κ2) is 5.07. The molecule has 0 fully saturated rings. The molecule has 5 nitrogen and oxygen atoms in total. The number of nitrogens with one attached hydrogen (secondary N) is 1. The number of anilines is 2. The van der Waals surface area contributed by atoms with E-state index in [1.165, 1.54) is 24.4 Å². The van der Waals surface area contributed by atoms with Gasteiger partial charge in [0.25, 0.3) is 10.0 Å². The van der Waals surface area contributed by atoms with Crippen molar-refractivity contribution in [3.8, 4) is 0 Å². The van der Waals surface area contributed by atoms with Crippen LogP contribution in [0.15, 0.2) is 41.4 Å². The van der Waals surface area contributed by atoms with Crippen LogP contribution in [0.4, 0.5) is 11.4 Å². The van der Waals surface area contributed by atoms with Crippen molar-refractivity contribution in [2.45, 2.75) is 11.8 Å². The minimum absolute atomic E-state index is 0.0241. The molecule has 0 aliphatic heterocycles. The molecule has 1 aromatic heterocycles. The van der Waals surface area contributed by atoms with Gasteiger partial charge < -0.3 is 5.73 Å². The molecule has 7 heteroatoms. The van der Waals surface area contributed by atoms with Gasteiger partial charge in [0.05, 0.1) is 16.9 Å². The zero-order valence-corrected chi connectivity index (χ0v) is 11.7. The Morgan fingerprint density at radius 3 is 2.58 bits per heavy atom. The van der Waals surface area contributed by atoms with Crippen molar-refractivity contribution in [1.82, 2.24) is 4.98 Å². The molecule has 19 heavy (non-hydrogen) atoms. The summed E-state index contributed by atoms with van der Waals surface area (Å²) in [7, 11) is -3.75. The molecule has 100 valence electrons. The molecule has 0 atom stereocenters. The number of aromatic nitrogens is 1. The Hall–Kier alpha value is -1.79. The van der Waals surface area contributed by atoms with Crippen molar-refractivity contribution >= 4 is 33.0 Å². The van der Waals surface area contributed by atoms with Gasteiger partial charge in [-0.15, -0.1) is 0 Å². The molecular weight excluding hydrogens is 286 g/mol. The molecule has 0 unspecified atom stereocenters. The van der Waals surface area contributed by atoms with E-state index >= 15 is 0 Å². The lowest BCUT2D eigenvalue weighted by Crippen LogP contribution is -2.13. The van der Waals surface area contributed by atoms with E-state index in [0.29, 0.717) is 11.4 Å². The molecule has 0 bridgehead atoms. The van der Waals surface area contributed by atoms with Crippen LogP contribution in [0, 0.1) is 6.92 Å². The summed E-state index contributed by atoms with van der Waals surface area (Å²) in [6.07, 6.45) is 1.44. The molecule has 0 aliphatic rings. The van der Waals surface area contributed by atoms with Crippen molar-refractivity contribution < 1.29 is 8.42 Å². The Bertz CT molecular complexity index is 699. The molecule has 3 N–H and O–H groups in total. The van der Waals surface area contributed by atoms with Gasteiger partial charge in [0.1, 0.15) is 4.90 Å². The number of nitrogens with two attached hydrogens (primary N) is 1. The van der Waals surface area contributed by atoms with Crippen LogP contribution in [-0.4, -0.2) is 13.4 Å². The fraction of sp³-hybridized carbons (Fsp3) is 0.0833. The third kappa shape index (κ3) is 3.15. The minimum Gasteiger partial charge on any atom is -0.399 e. The van der Waals surface area contributed by atoms with Crippen LogP contribution in [0.5, 0.6) is 0 Å². The second-order valence-electron chi connectivity index (χ2n) is 3.98. The summed E-state index contributed by atoms with van der Waals surface area (Å²) in [5.41, 5.74) is 7.11. The average molecular weight is 298 g/mol. The number of aryl methyl sites for hydroxylation is 1. The number of sulfonamides is 1. The Balaban J connectivity index is 2.35. The molecule has 2 rings (SSSR count). The van der Waals surface area contributed by atoms with Crippen molar-refractivity contribution in [1.29, 1.82) is 0 Å². The second-order valence-corrected chi connectivity index (χ2v) is 6.04. The van der Waals surface area contributed by atoms with Crippen LogP contribution in [0.1, 0.15) is 5.69 Å². The number of hydrogen-bond acceptors (Lipinski definition) is 4. The minimum atomic E-state index is -3.75. The topological polar surface area (TPSA) is 85.1 Å². The predicted octanol–water partition coefficient (Wildman–Crippen LogP) is 2.43. The SMILES string of the molecule is Cc1ccc(NS(=O)(=O)c2ccc(N)cc2Cl)cn1. The molecular formula is C12H12ClN3O2S. The lowest BCUT2D eigenvalue weighted by atomic mass is 10.3. The summed E-state index contributed by atoms with van der Waals surface area (Å²) in [5, 5.41) is 0.0765. The Morgan fingerprint density at radius 1 is 1.26 bits per heavy atom. The van der Waals surface area contributed by atoms with E-state index < -0.39 is 10.0 Å². The summed E-state index contributed by atoms with van der Waals surface area (Å²) in [4.78, 5) is 3.99. The van der Waals surface area contributed by atoms with Gasteiger partial charge in [0.15, 0.2) is 0 Å². The maximum atomic E-state index is 12.2. The molecule has 1 aromatic carbocycles. The lowest BCUT2D eigenvalue weighted by molar-refractivity contribution is 0.601. The Morgan fingerprint density at radius 2 is 2.00 bits per heavy atom. The van der Waals surface area contributed by atoms with Crippen LogP contribution < -0.4 is 10.5 Å². The number of nitrogens with zero attached hydrogens (tertiary/aromatic N) is 1. The van der Waals surface area contributed by atoms with Crippen LogP contribution in [0.2, 0.25) is 5.02 Å². The zero-order chi connectivity index (χ0) is 14.0. The third-order valence-electron chi connectivity index (χ3n) is 2.41. The predicted molar refractivity (Wildman–Crippen MR) is 75.6 cm³/mol. The van der Waals surface area contributed by atoms with Gasteiger partial charge in [-0.25, -0.2) is 8.42 Å². The number of benzene rings is 1. The number of rotatable bonds is 3. The molecule has 0 saturated heterocycles. The molecule has 0 aliphatic carbocycles. The van der Waals surface area contributed by atoms with E-state index in [4.69, 9.17) is 17.3 Å². The summed E-state index contributed by atoms with van der Waals surface area (Å²) in [6.45, 7) is 1.81. The first-order chi connectivity index (χ1) is 8.88. The van der Waals surface area contributed by atoms with Crippen LogP contribution in [0.3, 0.4) is 0 Å².